The molecular weight excluding hydrogens is 302 g/mol. The number of aromatic nitrogens is 2. The van der Waals surface area contributed by atoms with Crippen LogP contribution in [0.5, 0.6) is 5.75 Å². The van der Waals surface area contributed by atoms with E-state index < -0.39 is 0 Å². The Labute approximate surface area is 140 Å². The summed E-state index contributed by atoms with van der Waals surface area (Å²) < 4.78 is 9.28. The fourth-order valence-electron chi connectivity index (χ4n) is 2.81. The SMILES string of the molecule is CCCn1c(=O)n(CCOc2ccc(C#N)cc2)c2ccccc21. The number of fused-ring (bicyclic) bond motifs is 1. The number of nitriles is 1. The van der Waals surface area contributed by atoms with Gasteiger partial charge in [-0.05, 0) is 42.8 Å². The molecule has 0 bridgehead atoms. The second kappa shape index (κ2) is 7.05. The van der Waals surface area contributed by atoms with Gasteiger partial charge in [0.05, 0.1) is 29.2 Å². The zero-order valence-corrected chi connectivity index (χ0v) is 13.6. The summed E-state index contributed by atoms with van der Waals surface area (Å²) in [6, 6.07) is 16.9. The summed E-state index contributed by atoms with van der Waals surface area (Å²) in [5.74, 6) is 0.694. The quantitative estimate of drug-likeness (QED) is 0.700. The molecule has 0 saturated heterocycles. The maximum absolute atomic E-state index is 12.6. The molecule has 0 fully saturated rings. The average molecular weight is 321 g/mol. The van der Waals surface area contributed by atoms with Gasteiger partial charge in [-0.2, -0.15) is 5.26 Å². The maximum Gasteiger partial charge on any atom is 0.329 e. The van der Waals surface area contributed by atoms with Crippen molar-refractivity contribution < 1.29 is 4.74 Å². The molecule has 0 unspecified atom stereocenters. The number of aryl methyl sites for hydroxylation is 1. The van der Waals surface area contributed by atoms with Crippen molar-refractivity contribution in [2.24, 2.45) is 0 Å². The average Bonchev–Trinajstić information content (AvgIpc) is 2.88. The molecule has 2 aromatic carbocycles. The second-order valence-electron chi connectivity index (χ2n) is 5.56. The van der Waals surface area contributed by atoms with Crippen molar-refractivity contribution in [2.45, 2.75) is 26.4 Å². The van der Waals surface area contributed by atoms with Crippen molar-refractivity contribution in [3.8, 4) is 11.8 Å². The normalized spacial score (nSPS) is 10.7. The minimum absolute atomic E-state index is 0.00137. The van der Waals surface area contributed by atoms with Crippen LogP contribution in [0.4, 0.5) is 0 Å². The molecule has 0 aliphatic heterocycles. The highest BCUT2D eigenvalue weighted by atomic mass is 16.5. The molecule has 0 spiro atoms. The van der Waals surface area contributed by atoms with E-state index in [4.69, 9.17) is 10.00 Å². The molecule has 0 saturated carbocycles. The highest BCUT2D eigenvalue weighted by Gasteiger charge is 2.11. The van der Waals surface area contributed by atoms with E-state index in [0.29, 0.717) is 31.0 Å². The molecule has 1 aromatic heterocycles. The van der Waals surface area contributed by atoms with Gasteiger partial charge in [0, 0.05) is 6.54 Å². The molecule has 0 aliphatic carbocycles. The van der Waals surface area contributed by atoms with Crippen molar-refractivity contribution in [1.82, 2.24) is 9.13 Å². The molecule has 5 heteroatoms. The van der Waals surface area contributed by atoms with Gasteiger partial charge < -0.3 is 4.74 Å². The summed E-state index contributed by atoms with van der Waals surface area (Å²) in [5, 5.41) is 8.80. The van der Waals surface area contributed by atoms with Crippen LogP contribution in [0.3, 0.4) is 0 Å². The van der Waals surface area contributed by atoms with Crippen molar-refractivity contribution in [1.29, 1.82) is 5.26 Å². The standard InChI is InChI=1S/C19H19N3O2/c1-2-11-21-17-5-3-4-6-18(17)22(19(21)23)12-13-24-16-9-7-15(14-20)8-10-16/h3-10H,2,11-13H2,1H3. The fourth-order valence-corrected chi connectivity index (χ4v) is 2.81. The Morgan fingerprint density at radius 1 is 1.00 bits per heavy atom. The summed E-state index contributed by atoms with van der Waals surface area (Å²) in [5.41, 5.74) is 2.49. The van der Waals surface area contributed by atoms with Crippen molar-refractivity contribution >= 4 is 11.0 Å². The molecule has 3 rings (SSSR count). The number of benzene rings is 2. The number of hydrogen-bond donors (Lipinski definition) is 0. The second-order valence-corrected chi connectivity index (χ2v) is 5.56. The van der Waals surface area contributed by atoms with E-state index >= 15 is 0 Å². The first-order valence-corrected chi connectivity index (χ1v) is 8.05. The van der Waals surface area contributed by atoms with Crippen molar-refractivity contribution in [2.75, 3.05) is 6.61 Å². The molecule has 0 aliphatic rings. The van der Waals surface area contributed by atoms with Crippen LogP contribution in [0.1, 0.15) is 18.9 Å². The monoisotopic (exact) mass is 321 g/mol. The highest BCUT2D eigenvalue weighted by Crippen LogP contribution is 2.14. The van der Waals surface area contributed by atoms with Gasteiger partial charge in [0.2, 0.25) is 0 Å². The fraction of sp³-hybridized carbons (Fsp3) is 0.263. The van der Waals surface area contributed by atoms with Gasteiger partial charge in [-0.25, -0.2) is 4.79 Å². The molecule has 0 atom stereocenters. The lowest BCUT2D eigenvalue weighted by Gasteiger charge is -2.07. The summed E-state index contributed by atoms with van der Waals surface area (Å²) in [4.78, 5) is 12.6. The Hall–Kier alpha value is -3.00. The van der Waals surface area contributed by atoms with Crippen molar-refractivity contribution in [3.63, 3.8) is 0 Å². The number of imidazole rings is 1. The number of nitrogens with zero attached hydrogens (tertiary/aromatic N) is 3. The Morgan fingerprint density at radius 2 is 1.62 bits per heavy atom. The Bertz CT molecular complexity index is 930. The van der Waals surface area contributed by atoms with Gasteiger partial charge in [0.15, 0.2) is 0 Å². The minimum atomic E-state index is 0.00137. The van der Waals surface area contributed by atoms with Gasteiger partial charge in [-0.3, -0.25) is 9.13 Å². The Balaban J connectivity index is 1.78. The lowest BCUT2D eigenvalue weighted by molar-refractivity contribution is 0.297. The van der Waals surface area contributed by atoms with E-state index in [1.54, 1.807) is 28.8 Å². The van der Waals surface area contributed by atoms with Crippen LogP contribution in [0.15, 0.2) is 53.3 Å². The molecule has 122 valence electrons. The molecule has 24 heavy (non-hydrogen) atoms. The first-order valence-electron chi connectivity index (χ1n) is 8.05. The number of ether oxygens (including phenoxy) is 1. The van der Waals surface area contributed by atoms with Gasteiger partial charge in [0.1, 0.15) is 12.4 Å². The predicted octanol–water partition coefficient (Wildman–Crippen LogP) is 3.16. The highest BCUT2D eigenvalue weighted by molar-refractivity contribution is 5.75. The summed E-state index contributed by atoms with van der Waals surface area (Å²) in [6.07, 6.45) is 0.912. The smallest absolute Gasteiger partial charge is 0.329 e. The lowest BCUT2D eigenvalue weighted by atomic mass is 10.2. The number of rotatable bonds is 6. The topological polar surface area (TPSA) is 59.9 Å². The molecule has 0 N–H and O–H groups in total. The van der Waals surface area contributed by atoms with Crippen LogP contribution in [0, 0.1) is 11.3 Å². The first kappa shape index (κ1) is 15.9. The zero-order chi connectivity index (χ0) is 16.9. The summed E-state index contributed by atoms with van der Waals surface area (Å²) >= 11 is 0. The van der Waals surface area contributed by atoms with E-state index in [0.717, 1.165) is 17.5 Å². The molecule has 5 nitrogen and oxygen atoms in total. The molecular formula is C19H19N3O2. The predicted molar refractivity (Wildman–Crippen MR) is 93.1 cm³/mol. The Kier molecular flexibility index (Phi) is 4.66. The van der Waals surface area contributed by atoms with E-state index in [2.05, 4.69) is 13.0 Å². The molecule has 1 heterocycles. The van der Waals surface area contributed by atoms with Crippen LogP contribution in [0.25, 0.3) is 11.0 Å². The van der Waals surface area contributed by atoms with Gasteiger partial charge in [-0.15, -0.1) is 0 Å². The minimum Gasteiger partial charge on any atom is -0.492 e. The largest absolute Gasteiger partial charge is 0.492 e. The first-order chi connectivity index (χ1) is 11.7. The molecule has 0 radical (unpaired) electrons. The number of hydrogen-bond acceptors (Lipinski definition) is 3. The van der Waals surface area contributed by atoms with Crippen LogP contribution in [-0.4, -0.2) is 15.7 Å². The van der Waals surface area contributed by atoms with Crippen LogP contribution >= 0.6 is 0 Å². The number of para-hydroxylation sites is 2. The van der Waals surface area contributed by atoms with E-state index in [1.165, 1.54) is 0 Å². The zero-order valence-electron chi connectivity index (χ0n) is 13.6. The lowest BCUT2D eigenvalue weighted by Crippen LogP contribution is -2.26. The summed E-state index contributed by atoms with van der Waals surface area (Å²) in [6.45, 7) is 3.65. The third-order valence-corrected chi connectivity index (χ3v) is 3.94. The van der Waals surface area contributed by atoms with Gasteiger partial charge in [0.25, 0.3) is 0 Å². The van der Waals surface area contributed by atoms with Crippen LogP contribution in [-0.2, 0) is 13.1 Å². The molecule has 0 amide bonds. The third-order valence-electron chi connectivity index (χ3n) is 3.94. The van der Waals surface area contributed by atoms with E-state index in [9.17, 15) is 4.79 Å². The van der Waals surface area contributed by atoms with Crippen LogP contribution < -0.4 is 10.4 Å². The Morgan fingerprint density at radius 3 is 2.21 bits per heavy atom. The molecule has 3 aromatic rings. The third kappa shape index (κ3) is 3.04. The van der Waals surface area contributed by atoms with Crippen molar-refractivity contribution in [3.05, 3.63) is 64.6 Å². The van der Waals surface area contributed by atoms with Gasteiger partial charge >= 0.3 is 5.69 Å². The summed E-state index contributed by atoms with van der Waals surface area (Å²) in [7, 11) is 0. The van der Waals surface area contributed by atoms with E-state index in [1.807, 2.05) is 28.8 Å². The van der Waals surface area contributed by atoms with Crippen LogP contribution in [0.2, 0.25) is 0 Å². The van der Waals surface area contributed by atoms with E-state index in [-0.39, 0.29) is 5.69 Å². The maximum atomic E-state index is 12.6. The van der Waals surface area contributed by atoms with Gasteiger partial charge in [-0.1, -0.05) is 19.1 Å².